The number of carbonyl (C=O) groups is 3. The SMILES string of the molecule is CCC(CNC(=O)OCC1c2ccccc2-c2ccccc21)C(=O)N[C@H](CO)C(=O)O. The highest BCUT2D eigenvalue weighted by atomic mass is 16.5. The minimum Gasteiger partial charge on any atom is -0.480 e. The maximum atomic E-state index is 12.3. The number of benzene rings is 2. The molecule has 1 aliphatic rings. The van der Waals surface area contributed by atoms with Crippen LogP contribution in [0.4, 0.5) is 4.79 Å². The van der Waals surface area contributed by atoms with E-state index in [-0.39, 0.29) is 19.1 Å². The number of rotatable bonds is 9. The molecule has 0 bridgehead atoms. The normalized spacial score (nSPS) is 14.1. The van der Waals surface area contributed by atoms with Crippen molar-refractivity contribution in [1.82, 2.24) is 10.6 Å². The van der Waals surface area contributed by atoms with Crippen molar-refractivity contribution in [1.29, 1.82) is 0 Å². The maximum absolute atomic E-state index is 12.3. The van der Waals surface area contributed by atoms with Gasteiger partial charge in [0.2, 0.25) is 5.91 Å². The van der Waals surface area contributed by atoms with Crippen molar-refractivity contribution in [3.8, 4) is 11.1 Å². The van der Waals surface area contributed by atoms with Crippen molar-refractivity contribution in [2.45, 2.75) is 25.3 Å². The lowest BCUT2D eigenvalue weighted by Crippen LogP contribution is -2.48. The average Bonchev–Trinajstić information content (AvgIpc) is 3.10. The molecule has 0 aromatic heterocycles. The van der Waals surface area contributed by atoms with Gasteiger partial charge in [0.1, 0.15) is 12.6 Å². The molecule has 0 aliphatic heterocycles. The highest BCUT2D eigenvalue weighted by molar-refractivity contribution is 5.85. The Bertz CT molecular complexity index is 915. The van der Waals surface area contributed by atoms with Crippen LogP contribution in [0.3, 0.4) is 0 Å². The lowest BCUT2D eigenvalue weighted by molar-refractivity contribution is -0.143. The van der Waals surface area contributed by atoms with Gasteiger partial charge < -0.3 is 25.6 Å². The van der Waals surface area contributed by atoms with Crippen molar-refractivity contribution >= 4 is 18.0 Å². The number of nitrogens with one attached hydrogen (secondary N) is 2. The van der Waals surface area contributed by atoms with Crippen LogP contribution in [0.25, 0.3) is 11.1 Å². The lowest BCUT2D eigenvalue weighted by atomic mass is 9.98. The number of amides is 2. The number of aliphatic hydroxyl groups is 1. The number of carboxylic acids is 1. The average molecular weight is 426 g/mol. The fraction of sp³-hybridized carbons (Fsp3) is 0.348. The number of alkyl carbamates (subject to hydrolysis) is 1. The third-order valence-electron chi connectivity index (χ3n) is 5.50. The van der Waals surface area contributed by atoms with Crippen LogP contribution in [-0.4, -0.2) is 54.0 Å². The smallest absolute Gasteiger partial charge is 0.407 e. The first-order valence-corrected chi connectivity index (χ1v) is 10.2. The minimum absolute atomic E-state index is 0.00320. The molecule has 1 unspecified atom stereocenters. The van der Waals surface area contributed by atoms with Crippen LogP contribution in [0, 0.1) is 5.92 Å². The van der Waals surface area contributed by atoms with E-state index < -0.39 is 36.5 Å². The second-order valence-electron chi connectivity index (χ2n) is 7.39. The summed E-state index contributed by atoms with van der Waals surface area (Å²) in [4.78, 5) is 35.4. The fourth-order valence-corrected chi connectivity index (χ4v) is 3.75. The number of hydrogen-bond donors (Lipinski definition) is 4. The van der Waals surface area contributed by atoms with Gasteiger partial charge in [-0.3, -0.25) is 4.79 Å². The summed E-state index contributed by atoms with van der Waals surface area (Å²) in [7, 11) is 0. The van der Waals surface area contributed by atoms with Gasteiger partial charge in [-0.1, -0.05) is 55.5 Å². The minimum atomic E-state index is -1.38. The quantitative estimate of drug-likeness (QED) is 0.487. The molecule has 8 heteroatoms. The zero-order valence-electron chi connectivity index (χ0n) is 17.2. The predicted molar refractivity (Wildman–Crippen MR) is 114 cm³/mol. The molecule has 2 aromatic rings. The summed E-state index contributed by atoms with van der Waals surface area (Å²) in [6.07, 6.45) is -0.266. The van der Waals surface area contributed by atoms with Crippen molar-refractivity contribution in [2.24, 2.45) is 5.92 Å². The van der Waals surface area contributed by atoms with Crippen LogP contribution in [0.2, 0.25) is 0 Å². The summed E-state index contributed by atoms with van der Waals surface area (Å²) in [6.45, 7) is 1.20. The summed E-state index contributed by atoms with van der Waals surface area (Å²) in [5, 5.41) is 22.8. The first-order valence-electron chi connectivity index (χ1n) is 10.2. The fourth-order valence-electron chi connectivity index (χ4n) is 3.75. The zero-order valence-corrected chi connectivity index (χ0v) is 17.2. The summed E-state index contributed by atoms with van der Waals surface area (Å²) in [5.74, 6) is -2.59. The molecule has 0 spiro atoms. The van der Waals surface area contributed by atoms with E-state index in [1.165, 1.54) is 0 Å². The molecule has 0 fully saturated rings. The van der Waals surface area contributed by atoms with Crippen LogP contribution in [0.15, 0.2) is 48.5 Å². The molecule has 1 aliphatic carbocycles. The molecule has 0 heterocycles. The molecule has 8 nitrogen and oxygen atoms in total. The third-order valence-corrected chi connectivity index (χ3v) is 5.50. The van der Waals surface area contributed by atoms with Gasteiger partial charge in [0, 0.05) is 12.5 Å². The van der Waals surface area contributed by atoms with Crippen molar-refractivity contribution in [3.05, 3.63) is 59.7 Å². The maximum Gasteiger partial charge on any atom is 0.407 e. The molecule has 2 aromatic carbocycles. The van der Waals surface area contributed by atoms with E-state index in [9.17, 15) is 14.4 Å². The standard InChI is InChI=1S/C23H26N2O6/c1-2-14(21(27)25-20(12-26)22(28)29)11-24-23(30)31-13-19-17-9-5-3-7-15(17)16-8-4-6-10-18(16)19/h3-10,14,19-20,26H,2,11-13H2,1H3,(H,24,30)(H,25,27)(H,28,29)/t14?,20-/m1/s1. The molecule has 0 saturated heterocycles. The van der Waals surface area contributed by atoms with E-state index in [0.29, 0.717) is 6.42 Å². The summed E-state index contributed by atoms with van der Waals surface area (Å²) >= 11 is 0. The molecule has 0 saturated carbocycles. The Morgan fingerprint density at radius 3 is 2.13 bits per heavy atom. The van der Waals surface area contributed by atoms with Gasteiger partial charge in [0.25, 0.3) is 0 Å². The van der Waals surface area contributed by atoms with Gasteiger partial charge in [-0.15, -0.1) is 0 Å². The summed E-state index contributed by atoms with van der Waals surface area (Å²) in [6, 6.07) is 14.6. The number of ether oxygens (including phenoxy) is 1. The Morgan fingerprint density at radius 2 is 1.61 bits per heavy atom. The van der Waals surface area contributed by atoms with Gasteiger partial charge in [-0.25, -0.2) is 9.59 Å². The monoisotopic (exact) mass is 426 g/mol. The second-order valence-corrected chi connectivity index (χ2v) is 7.39. The zero-order chi connectivity index (χ0) is 22.4. The first kappa shape index (κ1) is 22.3. The van der Waals surface area contributed by atoms with Crippen LogP contribution in [0.5, 0.6) is 0 Å². The Labute approximate surface area is 180 Å². The van der Waals surface area contributed by atoms with E-state index in [0.717, 1.165) is 22.3 Å². The lowest BCUT2D eigenvalue weighted by Gasteiger charge is -2.19. The van der Waals surface area contributed by atoms with E-state index in [1.54, 1.807) is 6.92 Å². The topological polar surface area (TPSA) is 125 Å². The van der Waals surface area contributed by atoms with Crippen LogP contribution >= 0.6 is 0 Å². The molecule has 2 amide bonds. The highest BCUT2D eigenvalue weighted by Gasteiger charge is 2.29. The number of fused-ring (bicyclic) bond motifs is 3. The van der Waals surface area contributed by atoms with Crippen LogP contribution in [-0.2, 0) is 14.3 Å². The van der Waals surface area contributed by atoms with Crippen LogP contribution < -0.4 is 10.6 Å². The first-order chi connectivity index (χ1) is 15.0. The van der Waals surface area contributed by atoms with E-state index in [4.69, 9.17) is 14.9 Å². The molecule has 0 radical (unpaired) electrons. The van der Waals surface area contributed by atoms with Crippen LogP contribution in [0.1, 0.15) is 30.4 Å². The van der Waals surface area contributed by atoms with E-state index in [1.807, 2.05) is 36.4 Å². The van der Waals surface area contributed by atoms with Gasteiger partial charge in [-0.2, -0.15) is 0 Å². The van der Waals surface area contributed by atoms with Gasteiger partial charge in [0.05, 0.1) is 12.5 Å². The van der Waals surface area contributed by atoms with E-state index in [2.05, 4.69) is 22.8 Å². The Morgan fingerprint density at radius 1 is 1.03 bits per heavy atom. The molecule has 3 rings (SSSR count). The molecule has 164 valence electrons. The number of carboxylic acid groups (broad SMARTS) is 1. The Kier molecular flexibility index (Phi) is 7.25. The molecule has 4 N–H and O–H groups in total. The highest BCUT2D eigenvalue weighted by Crippen LogP contribution is 2.44. The molecular formula is C23H26N2O6. The van der Waals surface area contributed by atoms with Gasteiger partial charge >= 0.3 is 12.1 Å². The Hall–Kier alpha value is -3.39. The predicted octanol–water partition coefficient (Wildman–Crippen LogP) is 2.11. The van der Waals surface area contributed by atoms with Gasteiger partial charge in [-0.05, 0) is 28.7 Å². The number of carbonyl (C=O) groups excluding carboxylic acids is 2. The third kappa shape index (κ3) is 5.03. The number of aliphatic hydroxyl groups excluding tert-OH is 1. The largest absolute Gasteiger partial charge is 0.480 e. The summed E-state index contributed by atoms with van der Waals surface area (Å²) < 4.78 is 5.44. The molecule has 31 heavy (non-hydrogen) atoms. The molecule has 2 atom stereocenters. The van der Waals surface area contributed by atoms with Crippen molar-refractivity contribution in [3.63, 3.8) is 0 Å². The van der Waals surface area contributed by atoms with Crippen molar-refractivity contribution in [2.75, 3.05) is 19.8 Å². The number of hydrogen-bond acceptors (Lipinski definition) is 5. The second kappa shape index (κ2) is 10.1. The van der Waals surface area contributed by atoms with E-state index >= 15 is 0 Å². The number of aliphatic carboxylic acids is 1. The van der Waals surface area contributed by atoms with Crippen molar-refractivity contribution < 1.29 is 29.3 Å². The summed E-state index contributed by atoms with van der Waals surface area (Å²) in [5.41, 5.74) is 4.47. The van der Waals surface area contributed by atoms with Gasteiger partial charge in [0.15, 0.2) is 0 Å². The molecular weight excluding hydrogens is 400 g/mol. The Balaban J connectivity index is 1.56.